The van der Waals surface area contributed by atoms with Crippen molar-refractivity contribution in [1.82, 2.24) is 15.3 Å². The van der Waals surface area contributed by atoms with E-state index in [9.17, 15) is 9.59 Å². The number of H-pyrrole nitrogens is 1. The van der Waals surface area contributed by atoms with Crippen molar-refractivity contribution >= 4 is 33.9 Å². The second kappa shape index (κ2) is 7.12. The molecule has 2 aliphatic rings. The van der Waals surface area contributed by atoms with Crippen molar-refractivity contribution in [3.8, 4) is 0 Å². The average Bonchev–Trinajstić information content (AvgIpc) is 3.23. The molecule has 8 heteroatoms. The van der Waals surface area contributed by atoms with Crippen LogP contribution in [0.2, 0.25) is 0 Å². The van der Waals surface area contributed by atoms with Crippen molar-refractivity contribution in [2.45, 2.75) is 51.0 Å². The summed E-state index contributed by atoms with van der Waals surface area (Å²) in [6.07, 6.45) is 7.70. The number of amides is 2. The molecule has 0 bridgehead atoms. The number of nitrogens with one attached hydrogen (secondary N) is 2. The number of nitrogens with two attached hydrogens (primary N) is 1. The Balaban J connectivity index is 0.000000526. The first-order valence-electron chi connectivity index (χ1n) is 8.15. The van der Waals surface area contributed by atoms with Crippen molar-refractivity contribution in [3.05, 3.63) is 26.6 Å². The van der Waals surface area contributed by atoms with Crippen LogP contribution in [-0.2, 0) is 17.6 Å². The van der Waals surface area contributed by atoms with Crippen LogP contribution < -0.4 is 16.6 Å². The van der Waals surface area contributed by atoms with Crippen LogP contribution in [-0.4, -0.2) is 28.3 Å². The molecule has 2 aliphatic carbocycles. The van der Waals surface area contributed by atoms with E-state index in [1.54, 1.807) is 11.3 Å². The highest BCUT2D eigenvalue weighted by molar-refractivity contribution is 7.18. The number of nitrogens with zero attached hydrogens (tertiary/aromatic N) is 1. The molecule has 1 fully saturated rings. The Kier molecular flexibility index (Phi) is 4.94. The molecule has 1 saturated carbocycles. The van der Waals surface area contributed by atoms with E-state index in [0.717, 1.165) is 50.5 Å². The highest BCUT2D eigenvalue weighted by atomic mass is 32.1. The number of aryl methyl sites for hydroxylation is 2. The molecule has 2 heterocycles. The molecule has 0 aliphatic heterocycles. The molecule has 0 radical (unpaired) electrons. The Morgan fingerprint density at radius 3 is 2.71 bits per heavy atom. The van der Waals surface area contributed by atoms with Crippen LogP contribution in [0.1, 0.15) is 53.2 Å². The van der Waals surface area contributed by atoms with E-state index in [0.29, 0.717) is 10.2 Å². The van der Waals surface area contributed by atoms with E-state index in [4.69, 9.17) is 4.79 Å². The summed E-state index contributed by atoms with van der Waals surface area (Å²) >= 11 is 1.56. The summed E-state index contributed by atoms with van der Waals surface area (Å²) in [6.45, 7) is 0. The van der Waals surface area contributed by atoms with Gasteiger partial charge in [-0.1, -0.05) is 12.8 Å². The zero-order valence-corrected chi connectivity index (χ0v) is 14.1. The molecule has 2 amide bonds. The summed E-state index contributed by atoms with van der Waals surface area (Å²) in [5, 5.41) is 3.67. The molecule has 7 nitrogen and oxygen atoms in total. The van der Waals surface area contributed by atoms with E-state index < -0.39 is 0 Å². The van der Waals surface area contributed by atoms with Crippen LogP contribution in [0.15, 0.2) is 4.79 Å². The molecular formula is C16H20N4O3S. The number of primary amides is 1. The number of aromatic nitrogens is 2. The normalized spacial score (nSPS) is 16.5. The first kappa shape index (κ1) is 16.6. The number of carbonyl (C=O) groups is 2. The zero-order chi connectivity index (χ0) is 17.1. The molecule has 2 aromatic rings. The van der Waals surface area contributed by atoms with E-state index in [1.807, 2.05) is 0 Å². The van der Waals surface area contributed by atoms with Crippen molar-refractivity contribution < 1.29 is 9.59 Å². The molecule has 2 aromatic heterocycles. The SMILES string of the molecule is NC=O.O=C(NC1CCCC1)c1nc2sc3c(c2c(=O)[nH]1)CCC3. The Bertz CT molecular complexity index is 821. The van der Waals surface area contributed by atoms with Crippen LogP contribution in [0.5, 0.6) is 0 Å². The highest BCUT2D eigenvalue weighted by Gasteiger charge is 2.23. The van der Waals surface area contributed by atoms with Crippen LogP contribution in [0, 0.1) is 0 Å². The van der Waals surface area contributed by atoms with Crippen molar-refractivity contribution in [2.24, 2.45) is 5.73 Å². The highest BCUT2D eigenvalue weighted by Crippen LogP contribution is 2.34. The van der Waals surface area contributed by atoms with Crippen molar-refractivity contribution in [3.63, 3.8) is 0 Å². The predicted octanol–water partition coefficient (Wildman–Crippen LogP) is 1.25. The van der Waals surface area contributed by atoms with Gasteiger partial charge in [-0.15, -0.1) is 11.3 Å². The molecule has 0 aromatic carbocycles. The number of hydrogen-bond donors (Lipinski definition) is 3. The number of rotatable bonds is 2. The van der Waals surface area contributed by atoms with Gasteiger partial charge in [0.05, 0.1) is 5.39 Å². The number of carbonyl (C=O) groups excluding carboxylic acids is 2. The van der Waals surface area contributed by atoms with Crippen LogP contribution >= 0.6 is 11.3 Å². The topological polar surface area (TPSA) is 118 Å². The van der Waals surface area contributed by atoms with E-state index >= 15 is 0 Å². The summed E-state index contributed by atoms with van der Waals surface area (Å²) in [5.74, 6) is -0.103. The van der Waals surface area contributed by atoms with Gasteiger partial charge in [-0.2, -0.15) is 0 Å². The van der Waals surface area contributed by atoms with Gasteiger partial charge in [-0.3, -0.25) is 14.4 Å². The molecule has 0 saturated heterocycles. The minimum Gasteiger partial charge on any atom is -0.372 e. The molecule has 4 N–H and O–H groups in total. The lowest BCUT2D eigenvalue weighted by atomic mass is 10.2. The lowest BCUT2D eigenvalue weighted by Crippen LogP contribution is -2.34. The third-order valence-corrected chi connectivity index (χ3v) is 5.67. The number of thiophene rings is 1. The minimum absolute atomic E-state index is 0.152. The van der Waals surface area contributed by atoms with E-state index in [-0.39, 0.29) is 29.7 Å². The number of hydrogen-bond acceptors (Lipinski definition) is 5. The van der Waals surface area contributed by atoms with Gasteiger partial charge in [-0.25, -0.2) is 4.98 Å². The fourth-order valence-electron chi connectivity index (χ4n) is 3.43. The third kappa shape index (κ3) is 3.19. The van der Waals surface area contributed by atoms with Gasteiger partial charge in [-0.05, 0) is 37.7 Å². The summed E-state index contributed by atoms with van der Waals surface area (Å²) in [5.41, 5.74) is 5.14. The van der Waals surface area contributed by atoms with Gasteiger partial charge < -0.3 is 16.0 Å². The van der Waals surface area contributed by atoms with E-state index in [1.165, 1.54) is 4.88 Å². The van der Waals surface area contributed by atoms with Gasteiger partial charge in [0.2, 0.25) is 12.2 Å². The first-order chi connectivity index (χ1) is 11.6. The monoisotopic (exact) mass is 348 g/mol. The summed E-state index contributed by atoms with van der Waals surface area (Å²) in [4.78, 5) is 42.1. The second-order valence-corrected chi connectivity index (χ2v) is 7.13. The maximum absolute atomic E-state index is 12.3. The smallest absolute Gasteiger partial charge is 0.287 e. The predicted molar refractivity (Wildman–Crippen MR) is 92.2 cm³/mol. The summed E-state index contributed by atoms with van der Waals surface area (Å²) in [6, 6.07) is 0.229. The largest absolute Gasteiger partial charge is 0.372 e. The molecule has 24 heavy (non-hydrogen) atoms. The van der Waals surface area contributed by atoms with Gasteiger partial charge in [0.1, 0.15) is 4.83 Å². The molecule has 0 unspecified atom stereocenters. The lowest BCUT2D eigenvalue weighted by molar-refractivity contribution is -0.106. The maximum atomic E-state index is 12.3. The number of fused-ring (bicyclic) bond motifs is 3. The number of aromatic amines is 1. The molecule has 4 rings (SSSR count). The zero-order valence-electron chi connectivity index (χ0n) is 13.3. The fraction of sp³-hybridized carbons (Fsp3) is 0.500. The quantitative estimate of drug-likeness (QED) is 0.708. The average molecular weight is 348 g/mol. The lowest BCUT2D eigenvalue weighted by Gasteiger charge is -2.10. The molecule has 0 spiro atoms. The van der Waals surface area contributed by atoms with Crippen molar-refractivity contribution in [2.75, 3.05) is 0 Å². The standard InChI is InChI=1S/C15H17N3O2S.CH3NO/c19-13-11-9-6-3-7-10(9)21-15(11)18-12(17-13)14(20)16-8-4-1-2-5-8;2-1-3/h8H,1-7H2,(H,16,20)(H,17,18,19);1H,(H2,2,3). The first-order valence-corrected chi connectivity index (χ1v) is 8.96. The Labute approximate surface area is 142 Å². The van der Waals surface area contributed by atoms with Crippen LogP contribution in [0.4, 0.5) is 0 Å². The minimum atomic E-state index is -0.255. The van der Waals surface area contributed by atoms with Crippen molar-refractivity contribution in [1.29, 1.82) is 0 Å². The van der Waals surface area contributed by atoms with Gasteiger partial charge in [0.25, 0.3) is 11.5 Å². The van der Waals surface area contributed by atoms with Gasteiger partial charge in [0.15, 0.2) is 0 Å². The molecule has 0 atom stereocenters. The van der Waals surface area contributed by atoms with Crippen LogP contribution in [0.25, 0.3) is 10.2 Å². The van der Waals surface area contributed by atoms with Crippen LogP contribution in [0.3, 0.4) is 0 Å². The Hall–Kier alpha value is -2.22. The third-order valence-electron chi connectivity index (χ3n) is 4.48. The Morgan fingerprint density at radius 2 is 2.00 bits per heavy atom. The van der Waals surface area contributed by atoms with E-state index in [2.05, 4.69) is 21.0 Å². The Morgan fingerprint density at radius 1 is 1.29 bits per heavy atom. The fourth-order valence-corrected chi connectivity index (χ4v) is 4.70. The maximum Gasteiger partial charge on any atom is 0.287 e. The molecular weight excluding hydrogens is 328 g/mol. The summed E-state index contributed by atoms with van der Waals surface area (Å²) < 4.78 is 0. The second-order valence-electron chi connectivity index (χ2n) is 6.04. The molecule has 128 valence electrons. The summed E-state index contributed by atoms with van der Waals surface area (Å²) in [7, 11) is 0. The van der Waals surface area contributed by atoms with Gasteiger partial charge >= 0.3 is 0 Å². The van der Waals surface area contributed by atoms with Gasteiger partial charge in [0, 0.05) is 10.9 Å².